The lowest BCUT2D eigenvalue weighted by atomic mass is 10.2. The van der Waals surface area contributed by atoms with Crippen LogP contribution < -0.4 is 4.72 Å². The van der Waals surface area contributed by atoms with Crippen molar-refractivity contribution in [2.24, 2.45) is 0 Å². The van der Waals surface area contributed by atoms with Crippen molar-refractivity contribution in [1.82, 2.24) is 4.98 Å². The minimum absolute atomic E-state index is 0.148. The summed E-state index contributed by atoms with van der Waals surface area (Å²) in [5.74, 6) is 1.07. The topological polar surface area (TPSA) is 115 Å². The van der Waals surface area contributed by atoms with Crippen LogP contribution in [-0.2, 0) is 10.0 Å². The van der Waals surface area contributed by atoms with Crippen LogP contribution in [0.5, 0.6) is 0 Å². The molecule has 1 N–H and O–H groups in total. The van der Waals surface area contributed by atoms with E-state index in [2.05, 4.69) is 9.71 Å². The normalized spacial score (nSPS) is 11.4. The first-order valence-corrected chi connectivity index (χ1v) is 9.48. The molecule has 0 aliphatic heterocycles. The van der Waals surface area contributed by atoms with Crippen LogP contribution in [0.1, 0.15) is 17.0 Å². The van der Waals surface area contributed by atoms with Gasteiger partial charge in [0.1, 0.15) is 5.76 Å². The van der Waals surface area contributed by atoms with E-state index in [1.54, 1.807) is 38.1 Å². The number of benzene rings is 2. The number of nitro groups is 1. The number of nitro benzene ring substituents is 1. The average molecular weight is 387 g/mol. The van der Waals surface area contributed by atoms with Gasteiger partial charge in [0.15, 0.2) is 0 Å². The molecule has 0 fully saturated rings. The molecular formula is C18H17N3O5S. The number of oxazole rings is 1. The molecule has 0 aliphatic carbocycles. The predicted molar refractivity (Wildman–Crippen MR) is 100 cm³/mol. The summed E-state index contributed by atoms with van der Waals surface area (Å²) >= 11 is 0. The van der Waals surface area contributed by atoms with E-state index in [-0.39, 0.29) is 10.6 Å². The van der Waals surface area contributed by atoms with Crippen LogP contribution in [0.2, 0.25) is 0 Å². The third-order valence-electron chi connectivity index (χ3n) is 4.06. The fourth-order valence-electron chi connectivity index (χ4n) is 2.51. The van der Waals surface area contributed by atoms with E-state index in [1.165, 1.54) is 12.1 Å². The van der Waals surface area contributed by atoms with Gasteiger partial charge in [-0.05, 0) is 44.5 Å². The summed E-state index contributed by atoms with van der Waals surface area (Å²) in [6.45, 7) is 5.19. The Morgan fingerprint density at radius 2 is 1.85 bits per heavy atom. The average Bonchev–Trinajstić information content (AvgIpc) is 2.94. The first-order chi connectivity index (χ1) is 12.7. The van der Waals surface area contributed by atoms with E-state index >= 15 is 0 Å². The Morgan fingerprint density at radius 1 is 1.11 bits per heavy atom. The molecule has 1 heterocycles. The molecule has 0 atom stereocenters. The third kappa shape index (κ3) is 3.82. The molecule has 1 aromatic heterocycles. The van der Waals surface area contributed by atoms with Crippen molar-refractivity contribution < 1.29 is 17.8 Å². The summed E-state index contributed by atoms with van der Waals surface area (Å²) in [4.78, 5) is 14.5. The summed E-state index contributed by atoms with van der Waals surface area (Å²) in [6.07, 6.45) is 0. The number of nitrogens with one attached hydrogen (secondary N) is 1. The Kier molecular flexibility index (Phi) is 4.71. The molecule has 0 saturated carbocycles. The zero-order chi connectivity index (χ0) is 19.8. The molecule has 0 radical (unpaired) electrons. The number of sulfonamides is 1. The molecule has 9 heteroatoms. The highest BCUT2D eigenvalue weighted by molar-refractivity contribution is 7.92. The van der Waals surface area contributed by atoms with Gasteiger partial charge in [0, 0.05) is 23.4 Å². The van der Waals surface area contributed by atoms with Gasteiger partial charge in [-0.25, -0.2) is 13.4 Å². The number of aromatic nitrogens is 1. The molecular weight excluding hydrogens is 370 g/mol. The highest BCUT2D eigenvalue weighted by atomic mass is 32.2. The van der Waals surface area contributed by atoms with E-state index in [0.717, 1.165) is 11.8 Å². The van der Waals surface area contributed by atoms with Gasteiger partial charge in [-0.1, -0.05) is 12.1 Å². The molecule has 0 saturated heterocycles. The second-order valence-corrected chi connectivity index (χ2v) is 7.70. The van der Waals surface area contributed by atoms with Crippen molar-refractivity contribution in [1.29, 1.82) is 0 Å². The van der Waals surface area contributed by atoms with Gasteiger partial charge in [0.25, 0.3) is 15.7 Å². The zero-order valence-corrected chi connectivity index (χ0v) is 15.7. The lowest BCUT2D eigenvalue weighted by Gasteiger charge is -2.11. The van der Waals surface area contributed by atoms with Crippen molar-refractivity contribution in [2.45, 2.75) is 25.7 Å². The molecule has 8 nitrogen and oxygen atoms in total. The number of anilines is 1. The Labute approximate surface area is 156 Å². The lowest BCUT2D eigenvalue weighted by molar-refractivity contribution is -0.385. The Hall–Kier alpha value is -3.20. The minimum Gasteiger partial charge on any atom is -0.441 e. The molecule has 0 spiro atoms. The number of hydrogen-bond acceptors (Lipinski definition) is 6. The second kappa shape index (κ2) is 6.84. The standard InChI is InChI=1S/C18H17N3O5S/c1-11-7-8-16(21(22)23)10-17(11)27(24,25)20-15-6-4-5-14(9-15)18-19-12(2)13(3)26-18/h4-10,20H,1-3H3. The van der Waals surface area contributed by atoms with Crippen LogP contribution >= 0.6 is 0 Å². The van der Waals surface area contributed by atoms with Crippen molar-refractivity contribution in [2.75, 3.05) is 4.72 Å². The summed E-state index contributed by atoms with van der Waals surface area (Å²) < 4.78 is 33.5. The number of hydrogen-bond donors (Lipinski definition) is 1. The molecule has 0 amide bonds. The molecule has 27 heavy (non-hydrogen) atoms. The van der Waals surface area contributed by atoms with E-state index in [4.69, 9.17) is 4.42 Å². The minimum atomic E-state index is -4.01. The zero-order valence-electron chi connectivity index (χ0n) is 14.9. The van der Waals surface area contributed by atoms with E-state index in [1.807, 2.05) is 6.92 Å². The van der Waals surface area contributed by atoms with Gasteiger partial charge < -0.3 is 4.42 Å². The van der Waals surface area contributed by atoms with E-state index < -0.39 is 14.9 Å². The monoisotopic (exact) mass is 387 g/mol. The first-order valence-electron chi connectivity index (χ1n) is 8.00. The van der Waals surface area contributed by atoms with Gasteiger partial charge in [0.2, 0.25) is 5.89 Å². The van der Waals surface area contributed by atoms with Crippen molar-refractivity contribution in [3.8, 4) is 11.5 Å². The lowest BCUT2D eigenvalue weighted by Crippen LogP contribution is -2.14. The predicted octanol–water partition coefficient (Wildman–Crippen LogP) is 3.98. The maximum absolute atomic E-state index is 12.7. The third-order valence-corrected chi connectivity index (χ3v) is 5.59. The van der Waals surface area contributed by atoms with Crippen molar-refractivity contribution >= 4 is 21.4 Å². The number of non-ortho nitro benzene ring substituents is 1. The number of nitrogens with zero attached hydrogens (tertiary/aromatic N) is 2. The van der Waals surface area contributed by atoms with Crippen molar-refractivity contribution in [3.63, 3.8) is 0 Å². The van der Waals surface area contributed by atoms with E-state index in [0.29, 0.717) is 28.5 Å². The number of rotatable bonds is 5. The van der Waals surface area contributed by atoms with Crippen LogP contribution in [0.25, 0.3) is 11.5 Å². The van der Waals surface area contributed by atoms with E-state index in [9.17, 15) is 18.5 Å². The highest BCUT2D eigenvalue weighted by Gasteiger charge is 2.21. The van der Waals surface area contributed by atoms with Gasteiger partial charge in [-0.2, -0.15) is 0 Å². The fraction of sp³-hybridized carbons (Fsp3) is 0.167. The second-order valence-electron chi connectivity index (χ2n) is 6.05. The van der Waals surface area contributed by atoms with Crippen LogP contribution in [0, 0.1) is 30.9 Å². The molecule has 3 aromatic rings. The van der Waals surface area contributed by atoms with Crippen LogP contribution in [0.15, 0.2) is 51.8 Å². The Morgan fingerprint density at radius 3 is 2.48 bits per heavy atom. The highest BCUT2D eigenvalue weighted by Crippen LogP contribution is 2.27. The SMILES string of the molecule is Cc1ccc([N+](=O)[O-])cc1S(=O)(=O)Nc1cccc(-c2nc(C)c(C)o2)c1. The Bertz CT molecular complexity index is 1120. The van der Waals surface area contributed by atoms with Gasteiger partial charge in [0.05, 0.1) is 15.5 Å². The maximum Gasteiger partial charge on any atom is 0.270 e. The van der Waals surface area contributed by atoms with Gasteiger partial charge in [-0.3, -0.25) is 14.8 Å². The van der Waals surface area contributed by atoms with Crippen LogP contribution in [0.4, 0.5) is 11.4 Å². The smallest absolute Gasteiger partial charge is 0.270 e. The summed E-state index contributed by atoms with van der Waals surface area (Å²) in [6, 6.07) is 10.3. The first kappa shape index (κ1) is 18.6. The molecule has 0 aliphatic rings. The molecule has 3 rings (SSSR count). The fourth-order valence-corrected chi connectivity index (χ4v) is 3.83. The molecule has 0 bridgehead atoms. The van der Waals surface area contributed by atoms with Crippen molar-refractivity contribution in [3.05, 3.63) is 69.6 Å². The van der Waals surface area contributed by atoms with Crippen LogP contribution in [0.3, 0.4) is 0 Å². The molecule has 140 valence electrons. The summed E-state index contributed by atoms with van der Waals surface area (Å²) in [5.41, 5.74) is 1.78. The summed E-state index contributed by atoms with van der Waals surface area (Å²) in [5, 5.41) is 11.0. The Balaban J connectivity index is 1.96. The quantitative estimate of drug-likeness (QED) is 0.523. The molecule has 0 unspecified atom stereocenters. The van der Waals surface area contributed by atoms with Crippen LogP contribution in [-0.4, -0.2) is 18.3 Å². The maximum atomic E-state index is 12.7. The van der Waals surface area contributed by atoms with Gasteiger partial charge in [-0.15, -0.1) is 0 Å². The molecule has 2 aromatic carbocycles. The largest absolute Gasteiger partial charge is 0.441 e. The summed E-state index contributed by atoms with van der Waals surface area (Å²) in [7, 11) is -4.01. The van der Waals surface area contributed by atoms with Gasteiger partial charge >= 0.3 is 0 Å². The number of aryl methyl sites for hydroxylation is 3.